The molecule has 0 fully saturated rings. The molecule has 150 valence electrons. The molecule has 0 N–H and O–H groups in total. The van der Waals surface area contributed by atoms with Crippen molar-refractivity contribution in [3.63, 3.8) is 0 Å². The zero-order chi connectivity index (χ0) is 20.5. The Morgan fingerprint density at radius 3 is 2.29 bits per heavy atom. The lowest BCUT2D eigenvalue weighted by Gasteiger charge is -2.12. The van der Waals surface area contributed by atoms with E-state index in [1.165, 1.54) is 0 Å². The van der Waals surface area contributed by atoms with E-state index >= 15 is 0 Å². The molecule has 1 aromatic carbocycles. The second kappa shape index (κ2) is 10.7. The molecular weight excluding hydrogens is 379 g/mol. The third-order valence-electron chi connectivity index (χ3n) is 3.43. The Morgan fingerprint density at radius 2 is 1.75 bits per heavy atom. The van der Waals surface area contributed by atoms with Crippen LogP contribution in [0.5, 0.6) is 5.88 Å². The van der Waals surface area contributed by atoms with Gasteiger partial charge in [0.2, 0.25) is 5.88 Å². The van der Waals surface area contributed by atoms with Gasteiger partial charge in [-0.2, -0.15) is 0 Å². The van der Waals surface area contributed by atoms with Crippen LogP contribution in [0.4, 0.5) is 4.39 Å². The van der Waals surface area contributed by atoms with Gasteiger partial charge in [-0.05, 0) is 37.4 Å². The summed E-state index contributed by atoms with van der Waals surface area (Å²) in [5, 5.41) is 2.03. The van der Waals surface area contributed by atoms with Crippen LogP contribution in [-0.2, 0) is 9.53 Å². The fourth-order valence-corrected chi connectivity index (χ4v) is 2.87. The number of thiophene rings is 1. The summed E-state index contributed by atoms with van der Waals surface area (Å²) in [7, 11) is 0. The number of carbonyl (C=O) groups is 1. The average molecular weight is 405 g/mol. The molecule has 0 aliphatic carbocycles. The van der Waals surface area contributed by atoms with E-state index in [1.807, 2.05) is 55.6 Å². The van der Waals surface area contributed by atoms with Crippen LogP contribution in [0, 0.1) is 5.92 Å². The molecule has 2 aromatic heterocycles. The molecular formula is C21H25FN2O3S. The minimum atomic E-state index is -0.599. The molecule has 0 atom stereocenters. The Bertz CT molecular complexity index is 882. The van der Waals surface area contributed by atoms with E-state index in [2.05, 4.69) is 9.72 Å². The molecule has 0 saturated carbocycles. The lowest BCUT2D eigenvalue weighted by molar-refractivity contribution is -0.147. The van der Waals surface area contributed by atoms with Crippen molar-refractivity contribution in [3.8, 4) is 16.5 Å². The van der Waals surface area contributed by atoms with Crippen molar-refractivity contribution in [2.45, 2.75) is 33.8 Å². The molecule has 0 aliphatic heterocycles. The molecule has 0 spiro atoms. The predicted octanol–water partition coefficient (Wildman–Crippen LogP) is 5.30. The molecule has 0 aliphatic rings. The van der Waals surface area contributed by atoms with E-state index in [9.17, 15) is 9.18 Å². The van der Waals surface area contributed by atoms with Crippen molar-refractivity contribution in [1.82, 2.24) is 9.97 Å². The van der Waals surface area contributed by atoms with Gasteiger partial charge in [-0.15, -0.1) is 11.3 Å². The first kappa shape index (κ1) is 21.8. The molecule has 0 radical (unpaired) electrons. The number of aromatic nitrogens is 2. The van der Waals surface area contributed by atoms with Gasteiger partial charge in [0.1, 0.15) is 19.0 Å². The van der Waals surface area contributed by atoms with Crippen molar-refractivity contribution in [1.29, 1.82) is 0 Å². The molecule has 28 heavy (non-hydrogen) atoms. The number of rotatable bonds is 6. The van der Waals surface area contributed by atoms with Gasteiger partial charge in [-0.3, -0.25) is 4.79 Å². The number of nitrogens with zero attached hydrogens (tertiary/aromatic N) is 2. The van der Waals surface area contributed by atoms with E-state index in [1.54, 1.807) is 25.2 Å². The van der Waals surface area contributed by atoms with Gasteiger partial charge in [0.15, 0.2) is 0 Å². The third kappa shape index (κ3) is 6.27. The number of alkyl halides is 1. The Balaban J connectivity index is 0.000000266. The molecule has 2 heterocycles. The van der Waals surface area contributed by atoms with Gasteiger partial charge in [0.25, 0.3) is 0 Å². The van der Waals surface area contributed by atoms with Gasteiger partial charge in [-0.25, -0.2) is 14.4 Å². The van der Waals surface area contributed by atoms with E-state index in [0.717, 1.165) is 21.6 Å². The predicted molar refractivity (Wildman–Crippen MR) is 110 cm³/mol. The number of fused-ring (bicyclic) bond motifs is 1. The SMILES string of the molecule is CC(C)C(=O)OCCF.CC(C)Oc1nc2ccccc2nc1-c1cccs1. The number of hydrogen-bond acceptors (Lipinski definition) is 6. The standard InChI is InChI=1S/C15H14N2OS.C6H11FO2/c1-10(2)18-15-14(13-8-5-9-19-13)16-11-6-3-4-7-12(11)17-15;1-5(2)6(8)9-4-3-7/h3-10H,1-2H3;5H,3-4H2,1-2H3. The summed E-state index contributed by atoms with van der Waals surface area (Å²) >= 11 is 1.64. The first-order valence-corrected chi connectivity index (χ1v) is 10.00. The Labute approximate surface area is 168 Å². The summed E-state index contributed by atoms with van der Waals surface area (Å²) in [6.07, 6.45) is 0.0779. The Hall–Kier alpha value is -2.54. The highest BCUT2D eigenvalue weighted by atomic mass is 32.1. The summed E-state index contributed by atoms with van der Waals surface area (Å²) in [6.45, 7) is 6.70. The lowest BCUT2D eigenvalue weighted by atomic mass is 10.2. The van der Waals surface area contributed by atoms with E-state index < -0.39 is 6.67 Å². The second-order valence-corrected chi connectivity index (χ2v) is 7.47. The largest absolute Gasteiger partial charge is 0.473 e. The van der Waals surface area contributed by atoms with Crippen molar-refractivity contribution < 1.29 is 18.7 Å². The number of ether oxygens (including phenoxy) is 2. The average Bonchev–Trinajstić information content (AvgIpc) is 3.20. The maximum absolute atomic E-state index is 11.3. The molecule has 0 amide bonds. The van der Waals surface area contributed by atoms with Gasteiger partial charge in [0, 0.05) is 0 Å². The van der Waals surface area contributed by atoms with Crippen molar-refractivity contribution in [2.24, 2.45) is 5.92 Å². The smallest absolute Gasteiger partial charge is 0.308 e. The summed E-state index contributed by atoms with van der Waals surface area (Å²) in [6, 6.07) is 11.9. The number of hydrogen-bond donors (Lipinski definition) is 0. The Kier molecular flexibility index (Phi) is 8.32. The maximum Gasteiger partial charge on any atom is 0.308 e. The third-order valence-corrected chi connectivity index (χ3v) is 4.31. The monoisotopic (exact) mass is 404 g/mol. The highest BCUT2D eigenvalue weighted by Crippen LogP contribution is 2.32. The molecule has 5 nitrogen and oxygen atoms in total. The van der Waals surface area contributed by atoms with E-state index in [4.69, 9.17) is 9.72 Å². The van der Waals surface area contributed by atoms with Crippen LogP contribution < -0.4 is 4.74 Å². The first-order valence-electron chi connectivity index (χ1n) is 9.12. The minimum absolute atomic E-state index is 0.0779. The van der Waals surface area contributed by atoms with Gasteiger partial charge in [0.05, 0.1) is 27.9 Å². The van der Waals surface area contributed by atoms with Crippen LogP contribution >= 0.6 is 11.3 Å². The molecule has 3 rings (SSSR count). The zero-order valence-corrected chi connectivity index (χ0v) is 17.3. The van der Waals surface area contributed by atoms with Crippen LogP contribution in [0.3, 0.4) is 0 Å². The molecule has 0 bridgehead atoms. The van der Waals surface area contributed by atoms with Gasteiger partial charge < -0.3 is 9.47 Å². The van der Waals surface area contributed by atoms with Gasteiger partial charge >= 0.3 is 5.97 Å². The first-order chi connectivity index (χ1) is 13.4. The number of para-hydroxylation sites is 2. The zero-order valence-electron chi connectivity index (χ0n) is 16.5. The summed E-state index contributed by atoms with van der Waals surface area (Å²) in [4.78, 5) is 20.9. The van der Waals surface area contributed by atoms with E-state index in [0.29, 0.717) is 5.88 Å². The van der Waals surface area contributed by atoms with Crippen LogP contribution in [0.15, 0.2) is 41.8 Å². The van der Waals surface area contributed by atoms with Crippen molar-refractivity contribution in [3.05, 3.63) is 41.8 Å². The summed E-state index contributed by atoms with van der Waals surface area (Å²) < 4.78 is 21.6. The molecule has 0 saturated heterocycles. The Morgan fingerprint density at radius 1 is 1.07 bits per heavy atom. The van der Waals surface area contributed by atoms with E-state index in [-0.39, 0.29) is 24.6 Å². The number of benzene rings is 1. The van der Waals surface area contributed by atoms with Gasteiger partial charge in [-0.1, -0.05) is 32.0 Å². The minimum Gasteiger partial charge on any atom is -0.473 e. The van der Waals surface area contributed by atoms with Crippen LogP contribution in [0.1, 0.15) is 27.7 Å². The number of esters is 1. The number of carbonyl (C=O) groups excluding carboxylic acids is 1. The molecule has 3 aromatic rings. The molecule has 0 unspecified atom stereocenters. The maximum atomic E-state index is 11.3. The van der Waals surface area contributed by atoms with Crippen molar-refractivity contribution in [2.75, 3.05) is 13.3 Å². The summed E-state index contributed by atoms with van der Waals surface area (Å²) in [5.74, 6) is 0.111. The second-order valence-electron chi connectivity index (χ2n) is 6.52. The van der Waals surface area contributed by atoms with Crippen LogP contribution in [0.25, 0.3) is 21.6 Å². The highest BCUT2D eigenvalue weighted by molar-refractivity contribution is 7.13. The quantitative estimate of drug-likeness (QED) is 0.522. The fraction of sp³-hybridized carbons (Fsp3) is 0.381. The normalized spacial score (nSPS) is 10.7. The topological polar surface area (TPSA) is 61.3 Å². The fourth-order valence-electron chi connectivity index (χ4n) is 2.17. The van der Waals surface area contributed by atoms with Crippen molar-refractivity contribution >= 4 is 28.3 Å². The molecule has 7 heteroatoms. The summed E-state index contributed by atoms with van der Waals surface area (Å²) in [5.41, 5.74) is 2.57. The van der Waals surface area contributed by atoms with Crippen LogP contribution in [0.2, 0.25) is 0 Å². The van der Waals surface area contributed by atoms with Crippen LogP contribution in [-0.4, -0.2) is 35.3 Å². The number of halogens is 1. The highest BCUT2D eigenvalue weighted by Gasteiger charge is 2.14. The lowest BCUT2D eigenvalue weighted by Crippen LogP contribution is -2.12.